The second-order valence-corrected chi connectivity index (χ2v) is 9.90. The average molecular weight is 393 g/mol. The van der Waals surface area contributed by atoms with Gasteiger partial charge in [-0.05, 0) is 84.6 Å². The van der Waals surface area contributed by atoms with Gasteiger partial charge >= 0.3 is 0 Å². The van der Waals surface area contributed by atoms with Crippen molar-refractivity contribution < 1.29 is 9.60 Å². The van der Waals surface area contributed by atoms with Gasteiger partial charge in [-0.2, -0.15) is 4.39 Å². The van der Waals surface area contributed by atoms with Crippen LogP contribution in [0.4, 0.5) is 4.39 Å². The summed E-state index contributed by atoms with van der Waals surface area (Å²) in [5.41, 5.74) is 6.39. The number of oxime groups is 1. The molecule has 2 saturated carbocycles. The number of pyridine rings is 1. The highest BCUT2D eigenvalue weighted by molar-refractivity contribution is 5.96. The third-order valence-electron chi connectivity index (χ3n) is 8.51. The molecule has 1 N–H and O–H groups in total. The molecule has 1 aromatic rings. The van der Waals surface area contributed by atoms with Crippen molar-refractivity contribution in [1.29, 1.82) is 0 Å². The summed E-state index contributed by atoms with van der Waals surface area (Å²) in [6.45, 7) is 7.14. The largest absolute Gasteiger partial charge is 0.411 e. The van der Waals surface area contributed by atoms with Crippen molar-refractivity contribution in [3.8, 4) is 0 Å². The number of allylic oxidation sites excluding steroid dienone is 6. The van der Waals surface area contributed by atoms with Gasteiger partial charge in [-0.25, -0.2) is 4.98 Å². The van der Waals surface area contributed by atoms with E-state index in [1.807, 2.05) is 6.07 Å². The maximum Gasteiger partial charge on any atom is 0.212 e. The van der Waals surface area contributed by atoms with Crippen LogP contribution in [0.1, 0.15) is 58.4 Å². The van der Waals surface area contributed by atoms with E-state index in [0.717, 1.165) is 37.0 Å². The molecular formula is C25H29FN2O. The second kappa shape index (κ2) is 6.38. The van der Waals surface area contributed by atoms with E-state index in [4.69, 9.17) is 0 Å². The summed E-state index contributed by atoms with van der Waals surface area (Å²) in [7, 11) is 0. The van der Waals surface area contributed by atoms with Crippen molar-refractivity contribution in [2.45, 2.75) is 52.9 Å². The van der Waals surface area contributed by atoms with Crippen LogP contribution >= 0.6 is 0 Å². The lowest BCUT2D eigenvalue weighted by Crippen LogP contribution is -2.49. The number of fused-ring (bicyclic) bond motifs is 5. The van der Waals surface area contributed by atoms with Crippen molar-refractivity contribution in [3.63, 3.8) is 0 Å². The first-order valence-corrected chi connectivity index (χ1v) is 10.8. The number of rotatable bonds is 1. The lowest BCUT2D eigenvalue weighted by Gasteiger charge is -2.57. The summed E-state index contributed by atoms with van der Waals surface area (Å²) < 4.78 is 13.3. The number of hydrogen-bond donors (Lipinski definition) is 1. The molecule has 0 aliphatic heterocycles. The molecule has 1 heterocycles. The summed E-state index contributed by atoms with van der Waals surface area (Å²) >= 11 is 0. The smallest absolute Gasteiger partial charge is 0.212 e. The van der Waals surface area contributed by atoms with Gasteiger partial charge in [0.15, 0.2) is 0 Å². The van der Waals surface area contributed by atoms with E-state index in [1.54, 1.807) is 11.8 Å². The summed E-state index contributed by atoms with van der Waals surface area (Å²) in [6.07, 6.45) is 13.8. The van der Waals surface area contributed by atoms with Crippen molar-refractivity contribution in [2.24, 2.45) is 33.7 Å². The summed E-state index contributed by atoms with van der Waals surface area (Å²) in [4.78, 5) is 3.90. The van der Waals surface area contributed by atoms with Crippen molar-refractivity contribution in [2.75, 3.05) is 0 Å². The molecule has 0 radical (unpaired) electrons. The van der Waals surface area contributed by atoms with Gasteiger partial charge in [0.05, 0.1) is 5.71 Å². The van der Waals surface area contributed by atoms with Crippen LogP contribution in [0.25, 0.3) is 5.57 Å². The maximum atomic E-state index is 13.3. The molecule has 4 aliphatic carbocycles. The van der Waals surface area contributed by atoms with Crippen LogP contribution in [0.3, 0.4) is 0 Å². The number of nitrogens with zero attached hydrogens (tertiary/aromatic N) is 2. The van der Waals surface area contributed by atoms with Crippen LogP contribution < -0.4 is 0 Å². The normalized spacial score (nSPS) is 39.8. The third kappa shape index (κ3) is 2.60. The van der Waals surface area contributed by atoms with E-state index in [9.17, 15) is 9.60 Å². The van der Waals surface area contributed by atoms with Crippen LogP contribution in [0, 0.1) is 34.5 Å². The van der Waals surface area contributed by atoms with Gasteiger partial charge < -0.3 is 5.21 Å². The Bertz CT molecular complexity index is 973. The molecule has 2 fully saturated rings. The Balaban J connectivity index is 1.50. The quantitative estimate of drug-likeness (QED) is 0.353. The van der Waals surface area contributed by atoms with Gasteiger partial charge in [0, 0.05) is 11.6 Å². The molecule has 0 bridgehead atoms. The zero-order chi connectivity index (χ0) is 20.4. The topological polar surface area (TPSA) is 45.5 Å². The Morgan fingerprint density at radius 1 is 1.17 bits per heavy atom. The zero-order valence-electron chi connectivity index (χ0n) is 17.5. The summed E-state index contributed by atoms with van der Waals surface area (Å²) in [6, 6.07) is 3.33. The van der Waals surface area contributed by atoms with Crippen LogP contribution in [-0.2, 0) is 0 Å². The Morgan fingerprint density at radius 3 is 2.72 bits per heavy atom. The molecule has 0 amide bonds. The first kappa shape index (κ1) is 18.8. The molecular weight excluding hydrogens is 363 g/mol. The average Bonchev–Trinajstić information content (AvgIpc) is 3.06. The van der Waals surface area contributed by atoms with Gasteiger partial charge in [-0.1, -0.05) is 49.2 Å². The summed E-state index contributed by atoms with van der Waals surface area (Å²) in [5.74, 6) is 1.26. The number of hydrogen-bond acceptors (Lipinski definition) is 3. The van der Waals surface area contributed by atoms with Gasteiger partial charge in [0.2, 0.25) is 5.95 Å². The zero-order valence-corrected chi connectivity index (χ0v) is 17.5. The minimum Gasteiger partial charge on any atom is -0.411 e. The van der Waals surface area contributed by atoms with Crippen molar-refractivity contribution in [3.05, 3.63) is 59.2 Å². The first-order valence-electron chi connectivity index (χ1n) is 10.8. The van der Waals surface area contributed by atoms with E-state index in [-0.39, 0.29) is 10.8 Å². The van der Waals surface area contributed by atoms with E-state index in [2.05, 4.69) is 49.1 Å². The molecule has 1 aromatic heterocycles. The van der Waals surface area contributed by atoms with Gasteiger partial charge in [0.1, 0.15) is 0 Å². The Labute approximate surface area is 172 Å². The third-order valence-corrected chi connectivity index (χ3v) is 8.51. The predicted octanol–water partition coefficient (Wildman–Crippen LogP) is 6.17. The number of aromatic nitrogens is 1. The van der Waals surface area contributed by atoms with E-state index >= 15 is 0 Å². The fourth-order valence-corrected chi connectivity index (χ4v) is 7.01. The second-order valence-electron chi connectivity index (χ2n) is 9.90. The van der Waals surface area contributed by atoms with Crippen LogP contribution in [0.15, 0.2) is 52.9 Å². The minimum atomic E-state index is -0.425. The Hall–Kier alpha value is -2.23. The molecule has 29 heavy (non-hydrogen) atoms. The standard InChI is InChI=1S/C25H29FN2O/c1-15-12-18-20-6-5-19(16-4-7-23(26)27-14-16)24(20,2)11-9-21(18)25(3)10-8-17(28-29)13-22(15)25/h4-7,13-15,18,21,29H,8-12H2,1-3H3/b28-17+. The lowest BCUT2D eigenvalue weighted by atomic mass is 9.46. The predicted molar refractivity (Wildman–Crippen MR) is 113 cm³/mol. The molecule has 5 rings (SSSR count). The van der Waals surface area contributed by atoms with Gasteiger partial charge in [-0.15, -0.1) is 0 Å². The molecule has 5 atom stereocenters. The molecule has 4 aliphatic rings. The highest BCUT2D eigenvalue weighted by Crippen LogP contribution is 2.66. The van der Waals surface area contributed by atoms with Crippen LogP contribution in [0.2, 0.25) is 0 Å². The van der Waals surface area contributed by atoms with Crippen molar-refractivity contribution >= 4 is 11.3 Å². The minimum absolute atomic E-state index is 0.0182. The molecule has 0 aromatic carbocycles. The van der Waals surface area contributed by atoms with E-state index < -0.39 is 5.95 Å². The number of halogens is 1. The first-order chi connectivity index (χ1) is 13.9. The van der Waals surface area contributed by atoms with Crippen LogP contribution in [-0.4, -0.2) is 15.9 Å². The maximum absolute atomic E-state index is 13.3. The molecule has 0 saturated heterocycles. The van der Waals surface area contributed by atoms with Crippen molar-refractivity contribution in [1.82, 2.24) is 4.98 Å². The van der Waals surface area contributed by atoms with E-state index in [0.29, 0.717) is 17.8 Å². The summed E-state index contributed by atoms with van der Waals surface area (Å²) in [5, 5.41) is 12.8. The molecule has 4 heteroatoms. The fraction of sp³-hybridized carbons (Fsp3) is 0.520. The SMILES string of the molecule is CC1CC2C3=CC=C(c4ccc(F)nc4)C3(C)CCC2C2(C)CC/C(=N\O)C=C12. The van der Waals surface area contributed by atoms with Gasteiger partial charge in [-0.3, -0.25) is 0 Å². The molecule has 5 unspecified atom stereocenters. The monoisotopic (exact) mass is 392 g/mol. The molecule has 3 nitrogen and oxygen atoms in total. The molecule has 0 spiro atoms. The highest BCUT2D eigenvalue weighted by atomic mass is 19.1. The Kier molecular flexibility index (Phi) is 4.13. The fourth-order valence-electron chi connectivity index (χ4n) is 7.01. The Morgan fingerprint density at radius 2 is 2.00 bits per heavy atom. The molecule has 152 valence electrons. The highest BCUT2D eigenvalue weighted by Gasteiger charge is 2.56. The lowest BCUT2D eigenvalue weighted by molar-refractivity contribution is 0.0532. The van der Waals surface area contributed by atoms with Gasteiger partial charge in [0.25, 0.3) is 0 Å². The van der Waals surface area contributed by atoms with E-state index in [1.165, 1.54) is 23.6 Å². The van der Waals surface area contributed by atoms with Crippen LogP contribution in [0.5, 0.6) is 0 Å².